The van der Waals surface area contributed by atoms with Crippen molar-refractivity contribution in [1.82, 2.24) is 4.98 Å². The summed E-state index contributed by atoms with van der Waals surface area (Å²) in [5.41, 5.74) is 3.29. The molecule has 0 radical (unpaired) electrons. The summed E-state index contributed by atoms with van der Waals surface area (Å²) in [6.45, 7) is 2.07. The molecular weight excluding hydrogens is 170 g/mol. The van der Waals surface area contributed by atoms with Gasteiger partial charge in [0.05, 0.1) is 12.3 Å². The highest BCUT2D eigenvalue weighted by atomic mass is 16.5. The SMILES string of the molecule is CCOC(=O)c1cc(NN)ccn1. The fourth-order valence-electron chi connectivity index (χ4n) is 0.837. The van der Waals surface area contributed by atoms with Gasteiger partial charge in [0.1, 0.15) is 5.69 Å². The third kappa shape index (κ3) is 2.41. The van der Waals surface area contributed by atoms with Crippen LogP contribution < -0.4 is 11.3 Å². The molecule has 13 heavy (non-hydrogen) atoms. The summed E-state index contributed by atoms with van der Waals surface area (Å²) < 4.78 is 4.76. The number of carbonyl (C=O) groups is 1. The second-order valence-corrected chi connectivity index (χ2v) is 2.29. The number of hydrogen-bond acceptors (Lipinski definition) is 5. The van der Waals surface area contributed by atoms with E-state index in [-0.39, 0.29) is 5.69 Å². The first kappa shape index (κ1) is 9.47. The molecule has 0 unspecified atom stereocenters. The van der Waals surface area contributed by atoms with Crippen molar-refractivity contribution in [3.05, 3.63) is 24.0 Å². The van der Waals surface area contributed by atoms with Gasteiger partial charge in [-0.2, -0.15) is 0 Å². The van der Waals surface area contributed by atoms with E-state index in [1.165, 1.54) is 12.3 Å². The lowest BCUT2D eigenvalue weighted by Gasteiger charge is -2.02. The molecule has 0 saturated heterocycles. The van der Waals surface area contributed by atoms with E-state index in [0.29, 0.717) is 12.3 Å². The summed E-state index contributed by atoms with van der Waals surface area (Å²) in [5.74, 6) is 4.72. The summed E-state index contributed by atoms with van der Waals surface area (Å²) in [7, 11) is 0. The number of rotatable bonds is 3. The lowest BCUT2D eigenvalue weighted by Crippen LogP contribution is -2.10. The molecule has 0 aromatic carbocycles. The van der Waals surface area contributed by atoms with E-state index in [2.05, 4.69) is 10.4 Å². The number of aromatic nitrogens is 1. The zero-order valence-electron chi connectivity index (χ0n) is 7.28. The number of pyridine rings is 1. The first-order chi connectivity index (χ1) is 6.27. The molecule has 1 aromatic heterocycles. The zero-order valence-corrected chi connectivity index (χ0v) is 7.28. The van der Waals surface area contributed by atoms with Gasteiger partial charge in [-0.1, -0.05) is 0 Å². The van der Waals surface area contributed by atoms with E-state index in [4.69, 9.17) is 10.6 Å². The number of nitrogens with one attached hydrogen (secondary N) is 1. The van der Waals surface area contributed by atoms with Gasteiger partial charge in [-0.15, -0.1) is 0 Å². The maximum Gasteiger partial charge on any atom is 0.356 e. The van der Waals surface area contributed by atoms with Crippen molar-refractivity contribution in [2.24, 2.45) is 5.84 Å². The number of ether oxygens (including phenoxy) is 1. The molecule has 0 aliphatic carbocycles. The van der Waals surface area contributed by atoms with Gasteiger partial charge < -0.3 is 10.2 Å². The second kappa shape index (κ2) is 4.42. The first-order valence-corrected chi connectivity index (χ1v) is 3.87. The smallest absolute Gasteiger partial charge is 0.356 e. The predicted molar refractivity (Wildman–Crippen MR) is 48.0 cm³/mol. The Morgan fingerprint density at radius 1 is 1.77 bits per heavy atom. The number of carbonyl (C=O) groups excluding carboxylic acids is 1. The number of hydrazine groups is 1. The lowest BCUT2D eigenvalue weighted by molar-refractivity contribution is 0.0519. The van der Waals surface area contributed by atoms with Crippen molar-refractivity contribution < 1.29 is 9.53 Å². The fraction of sp³-hybridized carbons (Fsp3) is 0.250. The Balaban J connectivity index is 2.82. The van der Waals surface area contributed by atoms with E-state index in [1.807, 2.05) is 0 Å². The Kier molecular flexibility index (Phi) is 3.22. The molecule has 0 atom stereocenters. The van der Waals surface area contributed by atoms with Gasteiger partial charge in [0.2, 0.25) is 0 Å². The average molecular weight is 181 g/mol. The van der Waals surface area contributed by atoms with Gasteiger partial charge in [-0.05, 0) is 19.1 Å². The summed E-state index contributed by atoms with van der Waals surface area (Å²) in [6.07, 6.45) is 1.49. The van der Waals surface area contributed by atoms with Crippen LogP contribution in [0.5, 0.6) is 0 Å². The molecule has 70 valence electrons. The normalized spacial score (nSPS) is 9.38. The van der Waals surface area contributed by atoms with Crippen molar-refractivity contribution in [3.63, 3.8) is 0 Å². The van der Waals surface area contributed by atoms with Crippen molar-refractivity contribution in [1.29, 1.82) is 0 Å². The Labute approximate surface area is 75.9 Å². The molecule has 0 aliphatic heterocycles. The Bertz CT molecular complexity index is 301. The minimum Gasteiger partial charge on any atom is -0.461 e. The van der Waals surface area contributed by atoms with Crippen molar-refractivity contribution in [2.75, 3.05) is 12.0 Å². The molecule has 5 nitrogen and oxygen atoms in total. The highest BCUT2D eigenvalue weighted by Gasteiger charge is 2.07. The van der Waals surface area contributed by atoms with E-state index in [1.54, 1.807) is 13.0 Å². The third-order valence-corrected chi connectivity index (χ3v) is 1.41. The number of esters is 1. The Morgan fingerprint density at radius 2 is 2.54 bits per heavy atom. The highest BCUT2D eigenvalue weighted by Crippen LogP contribution is 2.06. The number of nitrogen functional groups attached to an aromatic ring is 1. The molecule has 1 heterocycles. The summed E-state index contributed by atoms with van der Waals surface area (Å²) in [4.78, 5) is 15.0. The number of nitrogens with two attached hydrogens (primary N) is 1. The van der Waals surface area contributed by atoms with Crippen molar-refractivity contribution >= 4 is 11.7 Å². The van der Waals surface area contributed by atoms with Crippen LogP contribution in [0.1, 0.15) is 17.4 Å². The molecule has 1 aromatic rings. The molecule has 5 heteroatoms. The van der Waals surface area contributed by atoms with Crippen LogP contribution in [-0.4, -0.2) is 17.6 Å². The average Bonchev–Trinajstić information content (AvgIpc) is 2.18. The van der Waals surface area contributed by atoms with Crippen molar-refractivity contribution in [3.8, 4) is 0 Å². The number of nitrogens with zero attached hydrogens (tertiary/aromatic N) is 1. The molecule has 0 saturated carbocycles. The minimum atomic E-state index is -0.445. The summed E-state index contributed by atoms with van der Waals surface area (Å²) >= 11 is 0. The third-order valence-electron chi connectivity index (χ3n) is 1.41. The highest BCUT2D eigenvalue weighted by molar-refractivity contribution is 5.88. The topological polar surface area (TPSA) is 77.2 Å². The van der Waals surface area contributed by atoms with Crippen LogP contribution in [0.3, 0.4) is 0 Å². The van der Waals surface area contributed by atoms with Crippen LogP contribution in [0.25, 0.3) is 0 Å². The lowest BCUT2D eigenvalue weighted by atomic mass is 10.3. The summed E-state index contributed by atoms with van der Waals surface area (Å²) in [6, 6.07) is 3.18. The maximum atomic E-state index is 11.2. The maximum absolute atomic E-state index is 11.2. The van der Waals surface area contributed by atoms with E-state index in [9.17, 15) is 4.79 Å². The van der Waals surface area contributed by atoms with Crippen LogP contribution in [0, 0.1) is 0 Å². The van der Waals surface area contributed by atoms with Gasteiger partial charge in [-0.25, -0.2) is 9.78 Å². The van der Waals surface area contributed by atoms with Crippen molar-refractivity contribution in [2.45, 2.75) is 6.92 Å². The van der Waals surface area contributed by atoms with Crippen LogP contribution in [0.15, 0.2) is 18.3 Å². The molecule has 3 N–H and O–H groups in total. The van der Waals surface area contributed by atoms with Gasteiger partial charge in [0.15, 0.2) is 0 Å². The first-order valence-electron chi connectivity index (χ1n) is 3.87. The van der Waals surface area contributed by atoms with Gasteiger partial charge >= 0.3 is 5.97 Å². The Morgan fingerprint density at radius 3 is 3.15 bits per heavy atom. The van der Waals surface area contributed by atoms with Crippen LogP contribution in [0.4, 0.5) is 5.69 Å². The molecule has 0 bridgehead atoms. The predicted octanol–water partition coefficient (Wildman–Crippen LogP) is 0.544. The minimum absolute atomic E-state index is 0.248. The Hall–Kier alpha value is -1.62. The number of hydrogen-bond donors (Lipinski definition) is 2. The van der Waals surface area contributed by atoms with E-state index in [0.717, 1.165) is 0 Å². The van der Waals surface area contributed by atoms with E-state index < -0.39 is 5.97 Å². The van der Waals surface area contributed by atoms with Gasteiger partial charge in [0.25, 0.3) is 0 Å². The molecule has 0 amide bonds. The van der Waals surface area contributed by atoms with Gasteiger partial charge in [-0.3, -0.25) is 5.84 Å². The molecule has 0 spiro atoms. The van der Waals surface area contributed by atoms with Crippen LogP contribution in [0.2, 0.25) is 0 Å². The van der Waals surface area contributed by atoms with Crippen LogP contribution in [-0.2, 0) is 4.74 Å². The zero-order chi connectivity index (χ0) is 9.68. The molecule has 0 aliphatic rings. The number of anilines is 1. The summed E-state index contributed by atoms with van der Waals surface area (Å²) in [5, 5.41) is 0. The quantitative estimate of drug-likeness (QED) is 0.404. The second-order valence-electron chi connectivity index (χ2n) is 2.29. The monoisotopic (exact) mass is 181 g/mol. The molecular formula is C8H11N3O2. The van der Waals surface area contributed by atoms with Gasteiger partial charge in [0, 0.05) is 6.20 Å². The molecule has 1 rings (SSSR count). The fourth-order valence-corrected chi connectivity index (χ4v) is 0.837. The molecule has 0 fully saturated rings. The van der Waals surface area contributed by atoms with E-state index >= 15 is 0 Å². The largest absolute Gasteiger partial charge is 0.461 e. The van der Waals surface area contributed by atoms with Crippen LogP contribution >= 0.6 is 0 Å². The standard InChI is InChI=1S/C8H11N3O2/c1-2-13-8(12)7-5-6(11-9)3-4-10-7/h3-5H,2,9H2,1H3,(H,10,11).